The third-order valence-electron chi connectivity index (χ3n) is 7.11. The third-order valence-corrected chi connectivity index (χ3v) is 8.58. The first-order valence-corrected chi connectivity index (χ1v) is 14.1. The third kappa shape index (κ3) is 7.52. The highest BCUT2D eigenvalue weighted by atomic mass is 32.2. The Morgan fingerprint density at radius 1 is 0.974 bits per heavy atom. The Labute approximate surface area is 222 Å². The minimum atomic E-state index is -5.17. The monoisotopic (exact) mass is 577 g/mol. The molecule has 4 rings (SSSR count). The lowest BCUT2D eigenvalue weighted by Gasteiger charge is -2.29. The maximum Gasteiger partial charge on any atom is 0.416 e. The van der Waals surface area contributed by atoms with Crippen molar-refractivity contribution in [3.8, 4) is 0 Å². The Balaban J connectivity index is 1.43. The van der Waals surface area contributed by atoms with E-state index in [0.29, 0.717) is 31.5 Å². The van der Waals surface area contributed by atoms with Crippen molar-refractivity contribution in [2.45, 2.75) is 86.9 Å². The molecule has 0 heterocycles. The van der Waals surface area contributed by atoms with E-state index >= 15 is 0 Å². The predicted molar refractivity (Wildman–Crippen MR) is 131 cm³/mol. The largest absolute Gasteiger partial charge is 0.416 e. The fourth-order valence-electron chi connectivity index (χ4n) is 4.76. The van der Waals surface area contributed by atoms with Crippen LogP contribution in [0.25, 0.3) is 0 Å². The number of benzene rings is 2. The van der Waals surface area contributed by atoms with E-state index in [1.807, 2.05) is 18.2 Å². The molecule has 0 aromatic heterocycles. The molecule has 1 amide bonds. The molecule has 0 saturated heterocycles. The molecular formula is C26H29F6N3O3S. The zero-order valence-electron chi connectivity index (χ0n) is 20.8. The van der Waals surface area contributed by atoms with Gasteiger partial charge in [-0.15, -0.1) is 0 Å². The summed E-state index contributed by atoms with van der Waals surface area (Å²) in [6.07, 6.45) is -5.84. The molecule has 0 radical (unpaired) electrons. The van der Waals surface area contributed by atoms with E-state index in [4.69, 9.17) is 0 Å². The number of fused-ring (bicyclic) bond motifs is 1. The highest BCUT2D eigenvalue weighted by Crippen LogP contribution is 2.33. The Morgan fingerprint density at radius 2 is 1.72 bits per heavy atom. The molecule has 3 N–H and O–H groups in total. The molecule has 2 aliphatic carbocycles. The van der Waals surface area contributed by atoms with Crippen molar-refractivity contribution < 1.29 is 39.6 Å². The number of hydrogen-bond donors (Lipinski definition) is 3. The Morgan fingerprint density at radius 3 is 2.36 bits per heavy atom. The highest BCUT2D eigenvalue weighted by molar-refractivity contribution is 7.89. The van der Waals surface area contributed by atoms with Gasteiger partial charge in [0.2, 0.25) is 15.9 Å². The highest BCUT2D eigenvalue weighted by Gasteiger charge is 2.44. The molecule has 2 aromatic rings. The van der Waals surface area contributed by atoms with Crippen LogP contribution in [0, 0.1) is 0 Å². The quantitative estimate of drug-likeness (QED) is 0.361. The average Bonchev–Trinajstić information content (AvgIpc) is 2.81. The van der Waals surface area contributed by atoms with Crippen LogP contribution in [0.1, 0.15) is 66.8 Å². The lowest BCUT2D eigenvalue weighted by Crippen LogP contribution is -2.48. The van der Waals surface area contributed by atoms with Crippen LogP contribution in [0.3, 0.4) is 0 Å². The molecule has 0 bridgehead atoms. The molecule has 2 atom stereocenters. The molecule has 13 heteroatoms. The van der Waals surface area contributed by atoms with Crippen molar-refractivity contribution in [2.24, 2.45) is 0 Å². The van der Waals surface area contributed by atoms with E-state index in [0.717, 1.165) is 48.1 Å². The second-order valence-corrected chi connectivity index (χ2v) is 11.7. The number of rotatable bonds is 9. The number of alkyl halides is 6. The molecular weight excluding hydrogens is 548 g/mol. The van der Waals surface area contributed by atoms with Crippen LogP contribution in [0.15, 0.2) is 47.4 Å². The van der Waals surface area contributed by atoms with E-state index in [-0.39, 0.29) is 6.07 Å². The van der Waals surface area contributed by atoms with Gasteiger partial charge in [0, 0.05) is 12.6 Å². The number of halogens is 6. The van der Waals surface area contributed by atoms with E-state index in [9.17, 15) is 39.6 Å². The van der Waals surface area contributed by atoms with Crippen LogP contribution in [-0.2, 0) is 34.0 Å². The van der Waals surface area contributed by atoms with Gasteiger partial charge >= 0.3 is 12.4 Å². The van der Waals surface area contributed by atoms with E-state index < -0.39 is 57.2 Å². The summed E-state index contributed by atoms with van der Waals surface area (Å²) in [7, 11) is -5.02. The van der Waals surface area contributed by atoms with Gasteiger partial charge in [-0.2, -0.15) is 31.1 Å². The number of carbonyl (C=O) groups excluding carboxylic acids is 1. The van der Waals surface area contributed by atoms with Crippen molar-refractivity contribution >= 4 is 15.9 Å². The number of sulfonamides is 1. The maximum absolute atomic E-state index is 13.7. The molecule has 0 spiro atoms. The van der Waals surface area contributed by atoms with Crippen molar-refractivity contribution in [1.29, 1.82) is 0 Å². The van der Waals surface area contributed by atoms with Gasteiger partial charge in [-0.1, -0.05) is 30.7 Å². The molecule has 1 fully saturated rings. The summed E-state index contributed by atoms with van der Waals surface area (Å²) in [5, 5.41) is 6.06. The Kier molecular flexibility index (Phi) is 8.62. The van der Waals surface area contributed by atoms with Gasteiger partial charge in [-0.3, -0.25) is 4.79 Å². The second-order valence-electron chi connectivity index (χ2n) is 10.00. The van der Waals surface area contributed by atoms with Crippen molar-refractivity contribution in [2.75, 3.05) is 0 Å². The standard InChI is InChI=1S/C26H29F6N3O3S/c27-25(28,29)18-5-2-8-20(13-18)39(37,38)35-23(26(30,31)32)14-24(36)34-22-9-1-4-17-12-16(10-11-21(17)22)15-33-19-6-3-7-19/h2,5,8,10-13,19,22-23,33,35H,1,3-4,6-7,9,14-15H2,(H,34,36)/t22-,23+/m1/s1. The Bertz CT molecular complexity index is 1290. The lowest BCUT2D eigenvalue weighted by atomic mass is 9.86. The molecule has 1 saturated carbocycles. The minimum absolute atomic E-state index is 0.241. The van der Waals surface area contributed by atoms with Crippen LogP contribution < -0.4 is 15.4 Å². The smallest absolute Gasteiger partial charge is 0.349 e. The zero-order chi connectivity index (χ0) is 28.4. The van der Waals surface area contributed by atoms with Gasteiger partial charge < -0.3 is 10.6 Å². The summed E-state index contributed by atoms with van der Waals surface area (Å²) >= 11 is 0. The second kappa shape index (κ2) is 11.5. The summed E-state index contributed by atoms with van der Waals surface area (Å²) in [4.78, 5) is 11.7. The zero-order valence-corrected chi connectivity index (χ0v) is 21.6. The molecule has 214 valence electrons. The predicted octanol–water partition coefficient (Wildman–Crippen LogP) is 5.14. The number of carbonyl (C=O) groups is 1. The van der Waals surface area contributed by atoms with E-state index in [1.165, 1.54) is 11.1 Å². The lowest BCUT2D eigenvalue weighted by molar-refractivity contribution is -0.158. The molecule has 2 aromatic carbocycles. The van der Waals surface area contributed by atoms with Crippen molar-refractivity contribution in [1.82, 2.24) is 15.4 Å². The fraction of sp³-hybridized carbons (Fsp3) is 0.500. The minimum Gasteiger partial charge on any atom is -0.349 e. The number of hydrogen-bond acceptors (Lipinski definition) is 4. The van der Waals surface area contributed by atoms with Gasteiger partial charge in [-0.25, -0.2) is 8.42 Å². The SMILES string of the molecule is O=C(C[C@H](NS(=O)(=O)c1cccc(C(F)(F)F)c1)C(F)(F)F)N[C@@H]1CCCc2cc(CNC3CCC3)ccc21. The molecule has 39 heavy (non-hydrogen) atoms. The van der Waals surface area contributed by atoms with Gasteiger partial charge in [0.1, 0.15) is 6.04 Å². The normalized spacial score (nSPS) is 19.2. The molecule has 0 unspecified atom stereocenters. The van der Waals surface area contributed by atoms with E-state index in [2.05, 4.69) is 10.6 Å². The van der Waals surface area contributed by atoms with Crippen LogP contribution in [-0.4, -0.2) is 32.6 Å². The molecule has 0 aliphatic heterocycles. The van der Waals surface area contributed by atoms with Gasteiger partial charge in [0.15, 0.2) is 0 Å². The van der Waals surface area contributed by atoms with E-state index in [1.54, 1.807) is 0 Å². The topological polar surface area (TPSA) is 87.3 Å². The molecule has 2 aliphatic rings. The first-order chi connectivity index (χ1) is 18.2. The summed E-state index contributed by atoms with van der Waals surface area (Å²) in [5.74, 6) is -1.03. The number of aryl methyl sites for hydroxylation is 1. The first-order valence-electron chi connectivity index (χ1n) is 12.6. The van der Waals surface area contributed by atoms with Crippen molar-refractivity contribution in [3.63, 3.8) is 0 Å². The maximum atomic E-state index is 13.7. The summed E-state index contributed by atoms with van der Waals surface area (Å²) in [5.41, 5.74) is 1.55. The van der Waals surface area contributed by atoms with Crippen molar-refractivity contribution in [3.05, 3.63) is 64.7 Å². The molecule has 6 nitrogen and oxygen atoms in total. The van der Waals surface area contributed by atoms with Crippen LogP contribution >= 0.6 is 0 Å². The van der Waals surface area contributed by atoms with Gasteiger partial charge in [0.05, 0.1) is 22.9 Å². The van der Waals surface area contributed by atoms with Crippen LogP contribution in [0.4, 0.5) is 26.3 Å². The summed E-state index contributed by atoms with van der Waals surface area (Å²) < 4.78 is 107. The van der Waals surface area contributed by atoms with Gasteiger partial charge in [0.25, 0.3) is 0 Å². The Hall–Kier alpha value is -2.64. The van der Waals surface area contributed by atoms with Gasteiger partial charge in [-0.05, 0) is 67.0 Å². The summed E-state index contributed by atoms with van der Waals surface area (Å²) in [6.45, 7) is 0.703. The average molecular weight is 578 g/mol. The number of nitrogens with one attached hydrogen (secondary N) is 3. The van der Waals surface area contributed by atoms with Crippen LogP contribution in [0.2, 0.25) is 0 Å². The number of amides is 1. The van der Waals surface area contributed by atoms with Crippen LogP contribution in [0.5, 0.6) is 0 Å². The fourth-order valence-corrected chi connectivity index (χ4v) is 6.03. The first kappa shape index (κ1) is 29.3. The summed E-state index contributed by atoms with van der Waals surface area (Å²) in [6, 6.07) is 5.31.